The van der Waals surface area contributed by atoms with E-state index in [9.17, 15) is 9.18 Å². The molecule has 1 N–H and O–H groups in total. The number of anilines is 1. The number of likely N-dealkylation sites (N-methyl/N-ethyl adjacent to an activating group) is 1. The normalized spacial score (nSPS) is 18.9. The van der Waals surface area contributed by atoms with Crippen LogP contribution in [0.25, 0.3) is 0 Å². The Balaban J connectivity index is 1.27. The maximum atomic E-state index is 13.1. The van der Waals surface area contributed by atoms with E-state index < -0.39 is 0 Å². The third-order valence-electron chi connectivity index (χ3n) is 5.98. The van der Waals surface area contributed by atoms with Gasteiger partial charge in [0, 0.05) is 50.9 Å². The minimum Gasteiger partial charge on any atom is -0.353 e. The van der Waals surface area contributed by atoms with Gasteiger partial charge in [-0.05, 0) is 37.5 Å². The molecule has 0 spiro atoms. The summed E-state index contributed by atoms with van der Waals surface area (Å²) >= 11 is 0. The Hall–Kier alpha value is -2.41. The summed E-state index contributed by atoms with van der Waals surface area (Å²) in [5.74, 6) is 1.53. The predicted octanol–water partition coefficient (Wildman–Crippen LogP) is 2.77. The predicted molar refractivity (Wildman–Crippen MR) is 107 cm³/mol. The van der Waals surface area contributed by atoms with E-state index in [1.807, 2.05) is 14.0 Å². The molecule has 1 atom stereocenters. The summed E-state index contributed by atoms with van der Waals surface area (Å²) in [5, 5.41) is 7.62. The van der Waals surface area contributed by atoms with Crippen molar-refractivity contribution in [3.8, 4) is 0 Å². The molecule has 1 aliphatic heterocycles. The van der Waals surface area contributed by atoms with Crippen LogP contribution in [0.5, 0.6) is 0 Å². The van der Waals surface area contributed by atoms with E-state index in [0.717, 1.165) is 37.6 Å². The number of hydrogen-bond acceptors (Lipinski definition) is 4. The quantitative estimate of drug-likeness (QED) is 0.831. The lowest BCUT2D eigenvalue weighted by Gasteiger charge is -2.35. The van der Waals surface area contributed by atoms with Gasteiger partial charge in [0.1, 0.15) is 5.82 Å². The first-order valence-electron chi connectivity index (χ1n) is 10.0. The van der Waals surface area contributed by atoms with Crippen molar-refractivity contribution >= 4 is 11.7 Å². The monoisotopic (exact) mass is 385 g/mol. The summed E-state index contributed by atoms with van der Waals surface area (Å²) in [5.41, 5.74) is 2.19. The standard InChI is InChI=1S/C21H28FN5O/c1-15(16-5-7-18(22)8-6-16)25(2)21(28)14-26-9-11-27(12-10-26)20-13-19(23-24-20)17-3-4-17/h5-8,13,15,17H,3-4,9-12,14H2,1-2H3,(H,23,24). The molecule has 6 nitrogen and oxygen atoms in total. The number of piperazine rings is 1. The highest BCUT2D eigenvalue weighted by atomic mass is 19.1. The fourth-order valence-corrected chi connectivity index (χ4v) is 3.71. The molecule has 0 bridgehead atoms. The lowest BCUT2D eigenvalue weighted by molar-refractivity contribution is -0.133. The van der Waals surface area contributed by atoms with Crippen LogP contribution in [0, 0.1) is 5.82 Å². The number of aromatic amines is 1. The largest absolute Gasteiger partial charge is 0.353 e. The van der Waals surface area contributed by atoms with Crippen LogP contribution >= 0.6 is 0 Å². The number of nitrogens with one attached hydrogen (secondary N) is 1. The molecule has 28 heavy (non-hydrogen) atoms. The van der Waals surface area contributed by atoms with E-state index in [1.54, 1.807) is 17.0 Å². The number of amides is 1. The second-order valence-electron chi connectivity index (χ2n) is 7.95. The number of aromatic nitrogens is 2. The van der Waals surface area contributed by atoms with Gasteiger partial charge in [0.2, 0.25) is 5.91 Å². The maximum absolute atomic E-state index is 13.1. The van der Waals surface area contributed by atoms with Crippen LogP contribution in [0.4, 0.5) is 10.2 Å². The molecule has 4 rings (SSSR count). The van der Waals surface area contributed by atoms with E-state index in [4.69, 9.17) is 0 Å². The highest BCUT2D eigenvalue weighted by Crippen LogP contribution is 2.39. The average molecular weight is 385 g/mol. The Morgan fingerprint density at radius 3 is 2.57 bits per heavy atom. The van der Waals surface area contributed by atoms with Crippen molar-refractivity contribution in [2.75, 3.05) is 44.7 Å². The number of halogens is 1. The molecule has 1 unspecified atom stereocenters. The first kappa shape index (κ1) is 18.9. The molecule has 1 aromatic carbocycles. The van der Waals surface area contributed by atoms with Gasteiger partial charge in [0.25, 0.3) is 0 Å². The van der Waals surface area contributed by atoms with Crippen molar-refractivity contribution in [1.29, 1.82) is 0 Å². The Bertz CT molecular complexity index is 808. The van der Waals surface area contributed by atoms with Gasteiger partial charge in [0.05, 0.1) is 12.6 Å². The van der Waals surface area contributed by atoms with Gasteiger partial charge in [0.15, 0.2) is 5.82 Å². The number of H-pyrrole nitrogens is 1. The molecule has 1 amide bonds. The van der Waals surface area contributed by atoms with Crippen molar-refractivity contribution in [3.63, 3.8) is 0 Å². The number of benzene rings is 1. The van der Waals surface area contributed by atoms with Crippen LogP contribution in [-0.4, -0.2) is 65.7 Å². The van der Waals surface area contributed by atoms with Crippen LogP contribution in [0.15, 0.2) is 30.3 Å². The van der Waals surface area contributed by atoms with E-state index in [2.05, 4.69) is 26.1 Å². The first-order chi connectivity index (χ1) is 13.5. The van der Waals surface area contributed by atoms with E-state index >= 15 is 0 Å². The van der Waals surface area contributed by atoms with Crippen molar-refractivity contribution in [2.24, 2.45) is 0 Å². The lowest BCUT2D eigenvalue weighted by atomic mass is 10.1. The van der Waals surface area contributed by atoms with Crippen molar-refractivity contribution in [1.82, 2.24) is 20.0 Å². The first-order valence-corrected chi connectivity index (χ1v) is 10.0. The van der Waals surface area contributed by atoms with Gasteiger partial charge in [-0.3, -0.25) is 14.8 Å². The van der Waals surface area contributed by atoms with Gasteiger partial charge < -0.3 is 9.80 Å². The summed E-state index contributed by atoms with van der Waals surface area (Å²) in [6.07, 6.45) is 2.53. The SMILES string of the molecule is CC(c1ccc(F)cc1)N(C)C(=O)CN1CCN(c2cc(C3CC3)[nH]n2)CC1. The van der Waals surface area contributed by atoms with Crippen LogP contribution in [-0.2, 0) is 4.79 Å². The third kappa shape index (κ3) is 4.19. The number of carbonyl (C=O) groups excluding carboxylic acids is 1. The van der Waals surface area contributed by atoms with Gasteiger partial charge in [-0.1, -0.05) is 12.1 Å². The number of hydrogen-bond donors (Lipinski definition) is 1. The molecule has 2 aliphatic rings. The zero-order valence-electron chi connectivity index (χ0n) is 16.6. The van der Waals surface area contributed by atoms with Gasteiger partial charge in [-0.15, -0.1) is 0 Å². The molecule has 1 saturated heterocycles. The minimum absolute atomic E-state index is 0.0840. The molecular formula is C21H28FN5O. The zero-order valence-corrected chi connectivity index (χ0v) is 16.6. The fraction of sp³-hybridized carbons (Fsp3) is 0.524. The van der Waals surface area contributed by atoms with Crippen molar-refractivity contribution in [2.45, 2.75) is 31.7 Å². The van der Waals surface area contributed by atoms with E-state index in [1.165, 1.54) is 30.7 Å². The minimum atomic E-state index is -0.260. The molecule has 1 saturated carbocycles. The highest BCUT2D eigenvalue weighted by Gasteiger charge is 2.28. The smallest absolute Gasteiger partial charge is 0.236 e. The topological polar surface area (TPSA) is 55.5 Å². The molecule has 2 fully saturated rings. The number of rotatable bonds is 6. The average Bonchev–Trinajstić information content (AvgIpc) is 3.45. The summed E-state index contributed by atoms with van der Waals surface area (Å²) < 4.78 is 13.1. The van der Waals surface area contributed by atoms with Crippen molar-refractivity contribution < 1.29 is 9.18 Å². The van der Waals surface area contributed by atoms with Crippen LogP contribution in [0.3, 0.4) is 0 Å². The molecule has 2 aromatic rings. The molecular weight excluding hydrogens is 357 g/mol. The summed E-state index contributed by atoms with van der Waals surface area (Å²) in [4.78, 5) is 18.9. The van der Waals surface area contributed by atoms with Crippen LogP contribution in [0.1, 0.15) is 43.0 Å². The lowest BCUT2D eigenvalue weighted by Crippen LogP contribution is -2.50. The van der Waals surface area contributed by atoms with E-state index in [-0.39, 0.29) is 17.8 Å². The Kier molecular flexibility index (Phi) is 5.35. The summed E-state index contributed by atoms with van der Waals surface area (Å²) in [6, 6.07) is 8.45. The molecule has 1 aliphatic carbocycles. The van der Waals surface area contributed by atoms with E-state index in [0.29, 0.717) is 12.5 Å². The maximum Gasteiger partial charge on any atom is 0.236 e. The Morgan fingerprint density at radius 1 is 1.25 bits per heavy atom. The Labute approximate surface area is 165 Å². The van der Waals surface area contributed by atoms with Crippen LogP contribution < -0.4 is 4.90 Å². The molecule has 1 aromatic heterocycles. The summed E-state index contributed by atoms with van der Waals surface area (Å²) in [6.45, 7) is 5.81. The molecule has 150 valence electrons. The fourth-order valence-electron chi connectivity index (χ4n) is 3.71. The Morgan fingerprint density at radius 2 is 1.93 bits per heavy atom. The highest BCUT2D eigenvalue weighted by molar-refractivity contribution is 5.78. The van der Waals surface area contributed by atoms with Gasteiger partial charge in [-0.2, -0.15) is 5.10 Å². The molecule has 2 heterocycles. The van der Waals surface area contributed by atoms with Crippen LogP contribution in [0.2, 0.25) is 0 Å². The third-order valence-corrected chi connectivity index (χ3v) is 5.98. The van der Waals surface area contributed by atoms with Gasteiger partial charge >= 0.3 is 0 Å². The van der Waals surface area contributed by atoms with Crippen molar-refractivity contribution in [3.05, 3.63) is 47.4 Å². The second kappa shape index (κ2) is 7.91. The second-order valence-corrected chi connectivity index (χ2v) is 7.95. The number of nitrogens with zero attached hydrogens (tertiary/aromatic N) is 4. The zero-order chi connectivity index (χ0) is 19.7. The summed E-state index contributed by atoms with van der Waals surface area (Å²) in [7, 11) is 1.82. The molecule has 7 heteroatoms. The number of carbonyl (C=O) groups is 1. The molecule has 0 radical (unpaired) electrons. The van der Waals surface area contributed by atoms with Gasteiger partial charge in [-0.25, -0.2) is 4.39 Å².